The van der Waals surface area contributed by atoms with Crippen molar-refractivity contribution in [3.05, 3.63) is 29.3 Å². The molecular formula is C15H17F3N2O. The molecule has 0 amide bonds. The standard InChI is InChI=1S/C15H17F3N2O/c16-15(17,18)13-10-12(11-19)4-5-14(13)21-9-8-20-6-2-1-3-7-20/h4-5,10H,1-3,6-9H2. The Bertz CT molecular complexity index is 517. The van der Waals surface area contributed by atoms with Crippen LogP contribution in [0.2, 0.25) is 0 Å². The molecular weight excluding hydrogens is 281 g/mol. The minimum atomic E-state index is -4.52. The summed E-state index contributed by atoms with van der Waals surface area (Å²) >= 11 is 0. The van der Waals surface area contributed by atoms with Crippen LogP contribution >= 0.6 is 0 Å². The van der Waals surface area contributed by atoms with E-state index >= 15 is 0 Å². The second-order valence-corrected chi connectivity index (χ2v) is 5.07. The maximum absolute atomic E-state index is 12.9. The van der Waals surface area contributed by atoms with Gasteiger partial charge in [0.25, 0.3) is 0 Å². The number of benzene rings is 1. The lowest BCUT2D eigenvalue weighted by Crippen LogP contribution is -2.33. The molecule has 2 rings (SSSR count). The lowest BCUT2D eigenvalue weighted by molar-refractivity contribution is -0.139. The van der Waals surface area contributed by atoms with Crippen molar-refractivity contribution in [1.82, 2.24) is 4.90 Å². The van der Waals surface area contributed by atoms with Crippen LogP contribution in [-0.4, -0.2) is 31.1 Å². The number of ether oxygens (including phenoxy) is 1. The highest BCUT2D eigenvalue weighted by Gasteiger charge is 2.34. The van der Waals surface area contributed by atoms with Crippen molar-refractivity contribution < 1.29 is 17.9 Å². The smallest absolute Gasteiger partial charge is 0.420 e. The average molecular weight is 298 g/mol. The first-order chi connectivity index (χ1) is 10.0. The van der Waals surface area contributed by atoms with E-state index in [0.29, 0.717) is 6.54 Å². The second-order valence-electron chi connectivity index (χ2n) is 5.07. The number of likely N-dealkylation sites (tertiary alicyclic amines) is 1. The van der Waals surface area contributed by atoms with E-state index in [0.717, 1.165) is 32.0 Å². The summed E-state index contributed by atoms with van der Waals surface area (Å²) in [5.41, 5.74) is -0.911. The molecule has 114 valence electrons. The molecule has 1 fully saturated rings. The minimum absolute atomic E-state index is 0.0225. The Morgan fingerprint density at radius 1 is 1.19 bits per heavy atom. The van der Waals surface area contributed by atoms with E-state index in [1.807, 2.05) is 0 Å². The fourth-order valence-corrected chi connectivity index (χ4v) is 2.41. The van der Waals surface area contributed by atoms with Gasteiger partial charge < -0.3 is 4.74 Å². The molecule has 1 aromatic rings. The second kappa shape index (κ2) is 6.81. The molecule has 1 aliphatic heterocycles. The highest BCUT2D eigenvalue weighted by molar-refractivity contribution is 5.43. The van der Waals surface area contributed by atoms with E-state index in [2.05, 4.69) is 4.90 Å². The highest BCUT2D eigenvalue weighted by Crippen LogP contribution is 2.36. The molecule has 3 nitrogen and oxygen atoms in total. The summed E-state index contributed by atoms with van der Waals surface area (Å²) in [7, 11) is 0. The average Bonchev–Trinajstić information content (AvgIpc) is 2.47. The van der Waals surface area contributed by atoms with Gasteiger partial charge in [0.15, 0.2) is 0 Å². The summed E-state index contributed by atoms with van der Waals surface area (Å²) in [5.74, 6) is -0.210. The zero-order chi connectivity index (χ0) is 15.3. The van der Waals surface area contributed by atoms with Crippen LogP contribution in [0.4, 0.5) is 13.2 Å². The Hall–Kier alpha value is -1.74. The topological polar surface area (TPSA) is 36.3 Å². The van der Waals surface area contributed by atoms with Crippen molar-refractivity contribution in [2.75, 3.05) is 26.2 Å². The van der Waals surface area contributed by atoms with Crippen LogP contribution in [-0.2, 0) is 6.18 Å². The number of halogens is 3. The molecule has 1 heterocycles. The van der Waals surface area contributed by atoms with Gasteiger partial charge in [0, 0.05) is 6.54 Å². The van der Waals surface area contributed by atoms with Gasteiger partial charge in [-0.2, -0.15) is 18.4 Å². The number of alkyl halides is 3. The third-order valence-electron chi connectivity index (χ3n) is 3.53. The molecule has 0 aliphatic carbocycles. The number of hydrogen-bond acceptors (Lipinski definition) is 3. The summed E-state index contributed by atoms with van der Waals surface area (Å²) in [5, 5.41) is 8.70. The van der Waals surface area contributed by atoms with Gasteiger partial charge in [-0.1, -0.05) is 6.42 Å². The maximum atomic E-state index is 12.9. The summed E-state index contributed by atoms with van der Waals surface area (Å²) in [6, 6.07) is 5.10. The van der Waals surface area contributed by atoms with Crippen molar-refractivity contribution in [1.29, 1.82) is 5.26 Å². The van der Waals surface area contributed by atoms with E-state index in [1.165, 1.54) is 18.6 Å². The summed E-state index contributed by atoms with van der Waals surface area (Å²) < 4.78 is 44.1. The molecule has 0 bridgehead atoms. The van der Waals surface area contributed by atoms with Crippen LogP contribution in [0.15, 0.2) is 18.2 Å². The number of hydrogen-bond donors (Lipinski definition) is 0. The lowest BCUT2D eigenvalue weighted by Gasteiger charge is -2.26. The Morgan fingerprint density at radius 3 is 2.52 bits per heavy atom. The fourth-order valence-electron chi connectivity index (χ4n) is 2.41. The van der Waals surface area contributed by atoms with Crippen LogP contribution in [0.1, 0.15) is 30.4 Å². The zero-order valence-corrected chi connectivity index (χ0v) is 11.6. The van der Waals surface area contributed by atoms with Crippen LogP contribution < -0.4 is 4.74 Å². The molecule has 6 heteroatoms. The molecule has 1 aliphatic rings. The van der Waals surface area contributed by atoms with E-state index in [-0.39, 0.29) is 17.9 Å². The van der Waals surface area contributed by atoms with Crippen LogP contribution in [0, 0.1) is 11.3 Å². The first kappa shape index (κ1) is 15.6. The normalized spacial score (nSPS) is 16.5. The Labute approximate surface area is 121 Å². The molecule has 0 radical (unpaired) electrons. The van der Waals surface area contributed by atoms with Crippen LogP contribution in [0.3, 0.4) is 0 Å². The molecule has 0 aromatic heterocycles. The predicted octanol–water partition coefficient (Wildman–Crippen LogP) is 3.44. The molecule has 0 atom stereocenters. The van der Waals surface area contributed by atoms with Crippen molar-refractivity contribution in [3.63, 3.8) is 0 Å². The zero-order valence-electron chi connectivity index (χ0n) is 11.6. The lowest BCUT2D eigenvalue weighted by atomic mass is 10.1. The third-order valence-corrected chi connectivity index (χ3v) is 3.53. The van der Waals surface area contributed by atoms with Crippen molar-refractivity contribution in [3.8, 4) is 11.8 Å². The Kier molecular flexibility index (Phi) is 5.07. The fraction of sp³-hybridized carbons (Fsp3) is 0.533. The molecule has 0 saturated carbocycles. The van der Waals surface area contributed by atoms with E-state index < -0.39 is 11.7 Å². The summed E-state index contributed by atoms with van der Waals surface area (Å²) in [6.07, 6.45) is -1.05. The first-order valence-corrected chi connectivity index (χ1v) is 6.97. The van der Waals surface area contributed by atoms with Gasteiger partial charge in [-0.15, -0.1) is 0 Å². The third kappa shape index (κ3) is 4.36. The van der Waals surface area contributed by atoms with Crippen molar-refractivity contribution in [2.45, 2.75) is 25.4 Å². The molecule has 1 saturated heterocycles. The van der Waals surface area contributed by atoms with Gasteiger partial charge in [-0.25, -0.2) is 0 Å². The Balaban J connectivity index is 2.00. The predicted molar refractivity (Wildman–Crippen MR) is 71.9 cm³/mol. The quantitative estimate of drug-likeness (QED) is 0.854. The number of nitriles is 1. The van der Waals surface area contributed by atoms with Gasteiger partial charge in [0.2, 0.25) is 0 Å². The molecule has 21 heavy (non-hydrogen) atoms. The molecule has 1 aromatic carbocycles. The summed E-state index contributed by atoms with van der Waals surface area (Å²) in [4.78, 5) is 2.19. The highest BCUT2D eigenvalue weighted by atomic mass is 19.4. The first-order valence-electron chi connectivity index (χ1n) is 6.97. The van der Waals surface area contributed by atoms with Gasteiger partial charge >= 0.3 is 6.18 Å². The SMILES string of the molecule is N#Cc1ccc(OCCN2CCCCC2)c(C(F)(F)F)c1. The van der Waals surface area contributed by atoms with Crippen molar-refractivity contribution >= 4 is 0 Å². The monoisotopic (exact) mass is 298 g/mol. The van der Waals surface area contributed by atoms with Gasteiger partial charge in [-0.05, 0) is 44.1 Å². The summed E-state index contributed by atoms with van der Waals surface area (Å²) in [6.45, 7) is 2.79. The maximum Gasteiger partial charge on any atom is 0.420 e. The van der Waals surface area contributed by atoms with Crippen molar-refractivity contribution in [2.24, 2.45) is 0 Å². The van der Waals surface area contributed by atoms with Crippen LogP contribution in [0.5, 0.6) is 5.75 Å². The van der Waals surface area contributed by atoms with Gasteiger partial charge in [0.05, 0.1) is 17.2 Å². The van der Waals surface area contributed by atoms with Gasteiger partial charge in [0.1, 0.15) is 12.4 Å². The van der Waals surface area contributed by atoms with Gasteiger partial charge in [-0.3, -0.25) is 4.90 Å². The number of piperidine rings is 1. The molecule has 0 unspecified atom stereocenters. The number of nitrogens with zero attached hydrogens (tertiary/aromatic N) is 2. The molecule has 0 spiro atoms. The minimum Gasteiger partial charge on any atom is -0.492 e. The van der Waals surface area contributed by atoms with E-state index in [4.69, 9.17) is 10.00 Å². The van der Waals surface area contributed by atoms with Crippen LogP contribution in [0.25, 0.3) is 0 Å². The van der Waals surface area contributed by atoms with E-state index in [1.54, 1.807) is 6.07 Å². The largest absolute Gasteiger partial charge is 0.492 e. The molecule has 0 N–H and O–H groups in total. The van der Waals surface area contributed by atoms with E-state index in [9.17, 15) is 13.2 Å². The number of rotatable bonds is 4. The Morgan fingerprint density at radius 2 is 1.90 bits per heavy atom.